The van der Waals surface area contributed by atoms with E-state index in [1.54, 1.807) is 12.1 Å². The predicted octanol–water partition coefficient (Wildman–Crippen LogP) is 6.68. The number of halogens is 3. The van der Waals surface area contributed by atoms with Crippen LogP contribution in [0.4, 0.5) is 13.2 Å². The van der Waals surface area contributed by atoms with Crippen LogP contribution in [0.25, 0.3) is 0 Å². The van der Waals surface area contributed by atoms with E-state index in [4.69, 9.17) is 4.74 Å². The summed E-state index contributed by atoms with van der Waals surface area (Å²) in [4.78, 5) is 26.8. The molecule has 2 heterocycles. The lowest BCUT2D eigenvalue weighted by Crippen LogP contribution is -2.29. The number of hydrogen-bond acceptors (Lipinski definition) is 3. The molecule has 1 aliphatic rings. The second-order valence-corrected chi connectivity index (χ2v) is 9.29. The number of rotatable bonds is 9. The van der Waals surface area contributed by atoms with Crippen LogP contribution in [0.15, 0.2) is 60.7 Å². The normalized spacial score (nSPS) is 15.1. The van der Waals surface area contributed by atoms with Crippen LogP contribution in [0, 0.1) is 0 Å². The minimum absolute atomic E-state index is 0.0464. The number of carbonyl (C=O) groups excluding carboxylic acids is 2. The second-order valence-electron chi connectivity index (χ2n) is 9.29. The maximum absolute atomic E-state index is 13.5. The van der Waals surface area contributed by atoms with E-state index in [1.165, 1.54) is 6.07 Å². The minimum atomic E-state index is -4.45. The van der Waals surface area contributed by atoms with Crippen LogP contribution in [0.2, 0.25) is 0 Å². The van der Waals surface area contributed by atoms with Crippen molar-refractivity contribution < 1.29 is 27.5 Å². The summed E-state index contributed by atoms with van der Waals surface area (Å²) in [6.45, 7) is 4.90. The maximum atomic E-state index is 13.5. The van der Waals surface area contributed by atoms with Crippen LogP contribution in [-0.2, 0) is 24.1 Å². The fourth-order valence-electron chi connectivity index (χ4n) is 4.89. The van der Waals surface area contributed by atoms with E-state index in [9.17, 15) is 22.8 Å². The first-order chi connectivity index (χ1) is 17.7. The number of ketones is 1. The second kappa shape index (κ2) is 11.3. The number of Topliss-reactive ketones (excluding diaryl/α,β-unsaturated/α-hetero) is 1. The molecule has 0 bridgehead atoms. The standard InChI is InChI=1S/C29H31F3N2O3/c1-3-19(21-11-8-12-22(15-21)29(30,31)32)16-27(35)25-17-23(26-18-37-14-13-34(25)26)28(36)33-24(4-2)20-9-6-5-7-10-20/h5-12,15,17,19,24H,3-4,13-14,16,18H2,1-2H3,(H,33,36)/t19-,24+/m0/s1. The first kappa shape index (κ1) is 26.7. The molecule has 5 nitrogen and oxygen atoms in total. The Bertz CT molecular complexity index is 1250. The zero-order chi connectivity index (χ0) is 26.6. The maximum Gasteiger partial charge on any atom is 0.416 e. The van der Waals surface area contributed by atoms with Crippen molar-refractivity contribution in [2.45, 2.75) is 64.4 Å². The van der Waals surface area contributed by atoms with E-state index >= 15 is 0 Å². The van der Waals surface area contributed by atoms with Gasteiger partial charge in [-0.15, -0.1) is 0 Å². The minimum Gasteiger partial charge on any atom is -0.373 e. The van der Waals surface area contributed by atoms with Crippen LogP contribution in [0.1, 0.15) is 88.3 Å². The zero-order valence-corrected chi connectivity index (χ0v) is 21.0. The van der Waals surface area contributed by atoms with Gasteiger partial charge in [-0.25, -0.2) is 0 Å². The van der Waals surface area contributed by atoms with Gasteiger partial charge in [-0.2, -0.15) is 13.2 Å². The fourth-order valence-corrected chi connectivity index (χ4v) is 4.89. The number of hydrogen-bond donors (Lipinski definition) is 1. The van der Waals surface area contributed by atoms with Crippen LogP contribution in [0.5, 0.6) is 0 Å². The average molecular weight is 513 g/mol. The number of amides is 1. The third-order valence-corrected chi connectivity index (χ3v) is 6.96. The molecule has 0 radical (unpaired) electrons. The molecule has 0 saturated carbocycles. The smallest absolute Gasteiger partial charge is 0.373 e. The topological polar surface area (TPSA) is 60.3 Å². The molecular formula is C29H31F3N2O3. The molecule has 1 amide bonds. The summed E-state index contributed by atoms with van der Waals surface area (Å²) >= 11 is 0. The average Bonchev–Trinajstić information content (AvgIpc) is 3.30. The van der Waals surface area contributed by atoms with Gasteiger partial charge in [0.25, 0.3) is 5.91 Å². The quantitative estimate of drug-likeness (QED) is 0.325. The molecule has 0 fully saturated rings. The number of carbonyl (C=O) groups is 2. The molecule has 1 aliphatic heterocycles. The van der Waals surface area contributed by atoms with Gasteiger partial charge in [0.15, 0.2) is 5.78 Å². The molecule has 3 aromatic rings. The van der Waals surface area contributed by atoms with Crippen LogP contribution < -0.4 is 5.32 Å². The Morgan fingerprint density at radius 2 is 1.73 bits per heavy atom. The van der Waals surface area contributed by atoms with Crippen molar-refractivity contribution in [2.75, 3.05) is 6.61 Å². The van der Waals surface area contributed by atoms with E-state index in [0.29, 0.717) is 48.5 Å². The summed E-state index contributed by atoms with van der Waals surface area (Å²) in [6.07, 6.45) is -3.20. The highest BCUT2D eigenvalue weighted by atomic mass is 19.4. The van der Waals surface area contributed by atoms with Gasteiger partial charge in [0.05, 0.1) is 41.8 Å². The Morgan fingerprint density at radius 3 is 2.41 bits per heavy atom. The summed E-state index contributed by atoms with van der Waals surface area (Å²) in [7, 11) is 0. The number of nitrogens with one attached hydrogen (secondary N) is 1. The van der Waals surface area contributed by atoms with Crippen molar-refractivity contribution in [3.05, 3.63) is 94.3 Å². The molecule has 2 aromatic carbocycles. The Morgan fingerprint density at radius 1 is 1.00 bits per heavy atom. The molecule has 4 rings (SSSR count). The monoisotopic (exact) mass is 512 g/mol. The predicted molar refractivity (Wildman–Crippen MR) is 134 cm³/mol. The highest BCUT2D eigenvalue weighted by Crippen LogP contribution is 2.34. The van der Waals surface area contributed by atoms with E-state index in [1.807, 2.05) is 48.7 Å². The molecule has 0 saturated heterocycles. The van der Waals surface area contributed by atoms with Crippen molar-refractivity contribution in [1.82, 2.24) is 9.88 Å². The van der Waals surface area contributed by atoms with Gasteiger partial charge in [0, 0.05) is 13.0 Å². The summed E-state index contributed by atoms with van der Waals surface area (Å²) in [6, 6.07) is 16.3. The van der Waals surface area contributed by atoms with Crippen molar-refractivity contribution >= 4 is 11.7 Å². The van der Waals surface area contributed by atoms with Crippen molar-refractivity contribution in [1.29, 1.82) is 0 Å². The van der Waals surface area contributed by atoms with E-state index < -0.39 is 11.7 Å². The van der Waals surface area contributed by atoms with Crippen LogP contribution in [-0.4, -0.2) is 22.9 Å². The van der Waals surface area contributed by atoms with E-state index in [-0.39, 0.29) is 36.7 Å². The highest BCUT2D eigenvalue weighted by molar-refractivity contribution is 6.01. The zero-order valence-electron chi connectivity index (χ0n) is 21.0. The SMILES string of the molecule is CC[C@@H](CC(=O)c1cc(C(=O)N[C@H](CC)c2ccccc2)c2n1CCOC2)c1cccc(C(F)(F)F)c1. The van der Waals surface area contributed by atoms with Crippen molar-refractivity contribution in [2.24, 2.45) is 0 Å². The van der Waals surface area contributed by atoms with Gasteiger partial charge in [0.1, 0.15) is 0 Å². The molecule has 2 atom stereocenters. The molecule has 37 heavy (non-hydrogen) atoms. The number of aromatic nitrogens is 1. The third kappa shape index (κ3) is 5.96. The molecule has 196 valence electrons. The molecule has 1 N–H and O–H groups in total. The highest BCUT2D eigenvalue weighted by Gasteiger charge is 2.32. The van der Waals surface area contributed by atoms with Gasteiger partial charge in [0.2, 0.25) is 0 Å². The molecule has 0 spiro atoms. The molecule has 0 aliphatic carbocycles. The lowest BCUT2D eigenvalue weighted by molar-refractivity contribution is -0.137. The molecular weight excluding hydrogens is 481 g/mol. The fraction of sp³-hybridized carbons (Fsp3) is 0.379. The van der Waals surface area contributed by atoms with Gasteiger partial charge < -0.3 is 14.6 Å². The Kier molecular flexibility index (Phi) is 8.17. The Hall–Kier alpha value is -3.39. The first-order valence-corrected chi connectivity index (χ1v) is 12.6. The number of benzene rings is 2. The van der Waals surface area contributed by atoms with E-state index in [2.05, 4.69) is 5.32 Å². The first-order valence-electron chi connectivity index (χ1n) is 12.6. The van der Waals surface area contributed by atoms with Gasteiger partial charge >= 0.3 is 6.18 Å². The van der Waals surface area contributed by atoms with Crippen molar-refractivity contribution in [3.63, 3.8) is 0 Å². The Balaban J connectivity index is 1.59. The Labute approximate surface area is 214 Å². The summed E-state index contributed by atoms with van der Waals surface area (Å²) in [5, 5.41) is 3.07. The molecule has 1 aromatic heterocycles. The van der Waals surface area contributed by atoms with E-state index in [0.717, 1.165) is 17.7 Å². The van der Waals surface area contributed by atoms with Gasteiger partial charge in [-0.3, -0.25) is 9.59 Å². The number of nitrogens with zero attached hydrogens (tertiary/aromatic N) is 1. The lowest BCUT2D eigenvalue weighted by Gasteiger charge is -2.21. The summed E-state index contributed by atoms with van der Waals surface area (Å²) in [5.74, 6) is -0.865. The lowest BCUT2D eigenvalue weighted by atomic mass is 9.89. The third-order valence-electron chi connectivity index (χ3n) is 6.96. The summed E-state index contributed by atoms with van der Waals surface area (Å²) < 4.78 is 47.1. The van der Waals surface area contributed by atoms with Crippen LogP contribution >= 0.6 is 0 Å². The molecule has 8 heteroatoms. The number of fused-ring (bicyclic) bond motifs is 1. The number of ether oxygens (including phenoxy) is 1. The largest absolute Gasteiger partial charge is 0.416 e. The van der Waals surface area contributed by atoms with Gasteiger partial charge in [-0.05, 0) is 42.0 Å². The van der Waals surface area contributed by atoms with Gasteiger partial charge in [-0.1, -0.05) is 62.4 Å². The summed E-state index contributed by atoms with van der Waals surface area (Å²) in [5.41, 5.74) is 2.17. The van der Waals surface area contributed by atoms with Crippen LogP contribution in [0.3, 0.4) is 0 Å². The van der Waals surface area contributed by atoms with Crippen molar-refractivity contribution in [3.8, 4) is 0 Å². The number of alkyl halides is 3. The molecule has 0 unspecified atom stereocenters.